The Hall–Kier alpha value is -1.40. The fourth-order valence-corrected chi connectivity index (χ4v) is 5.66. The summed E-state index contributed by atoms with van der Waals surface area (Å²) in [6.45, 7) is 2.09. The lowest BCUT2D eigenvalue weighted by molar-refractivity contribution is -0.138. The number of nitrogens with one attached hydrogen (secondary N) is 1. The minimum absolute atomic E-state index is 0.118. The molecule has 2 amide bonds. The molecule has 172 valence electrons. The van der Waals surface area contributed by atoms with Crippen molar-refractivity contribution in [2.45, 2.75) is 57.0 Å². The molecule has 2 aromatic carbocycles. The molecule has 8 heteroatoms. The van der Waals surface area contributed by atoms with Gasteiger partial charge in [-0.05, 0) is 55.2 Å². The Kier molecular flexibility index (Phi) is 9.60. The van der Waals surface area contributed by atoms with Gasteiger partial charge in [0.1, 0.15) is 6.04 Å². The minimum Gasteiger partial charge on any atom is -0.352 e. The first-order valence-corrected chi connectivity index (χ1v) is 13.0. The summed E-state index contributed by atoms with van der Waals surface area (Å²) in [6, 6.07) is 12.3. The Morgan fingerprint density at radius 3 is 2.41 bits per heavy atom. The van der Waals surface area contributed by atoms with Gasteiger partial charge in [0.25, 0.3) is 0 Å². The number of nitrogens with zero attached hydrogens (tertiary/aromatic N) is 1. The van der Waals surface area contributed by atoms with E-state index in [-0.39, 0.29) is 23.6 Å². The predicted octanol–water partition coefficient (Wildman–Crippen LogP) is 6.36. The maximum absolute atomic E-state index is 13.2. The van der Waals surface area contributed by atoms with E-state index in [9.17, 15) is 9.59 Å². The molecule has 32 heavy (non-hydrogen) atoms. The number of amides is 2. The fraction of sp³-hybridized carbons (Fsp3) is 0.417. The molecule has 4 nitrogen and oxygen atoms in total. The number of rotatable bonds is 9. The van der Waals surface area contributed by atoms with Crippen LogP contribution in [-0.2, 0) is 21.9 Å². The molecule has 3 rings (SSSR count). The Morgan fingerprint density at radius 2 is 1.75 bits per heavy atom. The number of thioether (sulfide) groups is 1. The summed E-state index contributed by atoms with van der Waals surface area (Å²) in [5.74, 6) is 0.486. The quantitative estimate of drug-likeness (QED) is 0.425. The molecule has 1 atom stereocenters. The highest BCUT2D eigenvalue weighted by molar-refractivity contribution is 7.99. The van der Waals surface area contributed by atoms with Gasteiger partial charge in [0, 0.05) is 33.4 Å². The van der Waals surface area contributed by atoms with E-state index in [1.54, 1.807) is 36.1 Å². The lowest BCUT2D eigenvalue weighted by Gasteiger charge is -2.29. The first-order chi connectivity index (χ1) is 15.3. The molecule has 1 saturated carbocycles. The van der Waals surface area contributed by atoms with Crippen LogP contribution in [-0.4, -0.2) is 34.6 Å². The van der Waals surface area contributed by atoms with Crippen molar-refractivity contribution in [2.75, 3.05) is 5.75 Å². The lowest BCUT2D eigenvalue weighted by atomic mass is 10.1. The second kappa shape index (κ2) is 12.2. The Labute approximate surface area is 209 Å². The Balaban J connectivity index is 1.68. The van der Waals surface area contributed by atoms with Crippen LogP contribution in [0.5, 0.6) is 0 Å². The third-order valence-electron chi connectivity index (χ3n) is 5.64. The molecule has 1 aliphatic rings. The van der Waals surface area contributed by atoms with Crippen LogP contribution >= 0.6 is 46.6 Å². The SMILES string of the molecule is C[C@@H](C(=O)NC1CCCC1)N(Cc1cccc(Cl)c1)C(=O)CSCc1c(Cl)cccc1Cl. The topological polar surface area (TPSA) is 49.4 Å². The maximum atomic E-state index is 13.2. The van der Waals surface area contributed by atoms with E-state index >= 15 is 0 Å². The average molecular weight is 514 g/mol. The molecule has 0 aromatic heterocycles. The van der Waals surface area contributed by atoms with Gasteiger partial charge in [0.15, 0.2) is 0 Å². The second-order valence-corrected chi connectivity index (χ2v) is 10.2. The van der Waals surface area contributed by atoms with Gasteiger partial charge in [0.2, 0.25) is 11.8 Å². The van der Waals surface area contributed by atoms with Gasteiger partial charge in [-0.3, -0.25) is 9.59 Å². The van der Waals surface area contributed by atoms with E-state index in [4.69, 9.17) is 34.8 Å². The van der Waals surface area contributed by atoms with Gasteiger partial charge in [-0.25, -0.2) is 0 Å². The van der Waals surface area contributed by atoms with Crippen molar-refractivity contribution < 1.29 is 9.59 Å². The van der Waals surface area contributed by atoms with Crippen LogP contribution in [0.1, 0.15) is 43.7 Å². The monoisotopic (exact) mass is 512 g/mol. The first-order valence-electron chi connectivity index (χ1n) is 10.7. The number of halogens is 3. The number of hydrogen-bond acceptors (Lipinski definition) is 3. The van der Waals surface area contributed by atoms with E-state index in [0.29, 0.717) is 27.4 Å². The van der Waals surface area contributed by atoms with Crippen molar-refractivity contribution in [3.8, 4) is 0 Å². The normalized spacial score (nSPS) is 14.9. The number of carbonyl (C=O) groups is 2. The molecule has 1 aliphatic carbocycles. The molecular weight excluding hydrogens is 487 g/mol. The highest BCUT2D eigenvalue weighted by Crippen LogP contribution is 2.28. The zero-order chi connectivity index (χ0) is 23.1. The van der Waals surface area contributed by atoms with Crippen LogP contribution in [0, 0.1) is 0 Å². The van der Waals surface area contributed by atoms with Gasteiger partial charge in [0.05, 0.1) is 5.75 Å². The van der Waals surface area contributed by atoms with Crippen LogP contribution in [0.2, 0.25) is 15.1 Å². The van der Waals surface area contributed by atoms with Crippen LogP contribution in [0.4, 0.5) is 0 Å². The predicted molar refractivity (Wildman–Crippen MR) is 134 cm³/mol. The van der Waals surface area contributed by atoms with Crippen LogP contribution in [0.3, 0.4) is 0 Å². The van der Waals surface area contributed by atoms with Crippen LogP contribution in [0.25, 0.3) is 0 Å². The maximum Gasteiger partial charge on any atom is 0.242 e. The Morgan fingerprint density at radius 1 is 1.09 bits per heavy atom. The fourth-order valence-electron chi connectivity index (χ4n) is 3.80. The summed E-state index contributed by atoms with van der Waals surface area (Å²) in [6.07, 6.45) is 4.25. The van der Waals surface area contributed by atoms with E-state index in [2.05, 4.69) is 5.32 Å². The molecule has 1 fully saturated rings. The smallest absolute Gasteiger partial charge is 0.242 e. The van der Waals surface area contributed by atoms with Gasteiger partial charge in [-0.15, -0.1) is 11.8 Å². The van der Waals surface area contributed by atoms with Gasteiger partial charge in [-0.1, -0.05) is 65.8 Å². The molecule has 0 bridgehead atoms. The van der Waals surface area contributed by atoms with Gasteiger partial charge in [-0.2, -0.15) is 0 Å². The summed E-state index contributed by atoms with van der Waals surface area (Å²) in [5.41, 5.74) is 1.69. The molecule has 0 heterocycles. The zero-order valence-electron chi connectivity index (χ0n) is 18.0. The summed E-state index contributed by atoms with van der Waals surface area (Å²) in [5, 5.41) is 4.87. The van der Waals surface area contributed by atoms with E-state index in [1.807, 2.05) is 18.2 Å². The summed E-state index contributed by atoms with van der Waals surface area (Å²) >= 11 is 20.0. The average Bonchev–Trinajstić information content (AvgIpc) is 3.26. The first kappa shape index (κ1) is 25.2. The van der Waals surface area contributed by atoms with E-state index < -0.39 is 6.04 Å². The lowest BCUT2D eigenvalue weighted by Crippen LogP contribution is -2.50. The van der Waals surface area contributed by atoms with Crippen LogP contribution < -0.4 is 5.32 Å². The summed E-state index contributed by atoms with van der Waals surface area (Å²) < 4.78 is 0. The van der Waals surface area contributed by atoms with Gasteiger partial charge >= 0.3 is 0 Å². The summed E-state index contributed by atoms with van der Waals surface area (Å²) in [7, 11) is 0. The third kappa shape index (κ3) is 7.05. The highest BCUT2D eigenvalue weighted by Gasteiger charge is 2.28. The van der Waals surface area contributed by atoms with Crippen molar-refractivity contribution in [1.82, 2.24) is 10.2 Å². The van der Waals surface area contributed by atoms with E-state index in [1.165, 1.54) is 11.8 Å². The minimum atomic E-state index is -0.591. The standard InChI is InChI=1S/C24H27Cl3N2O2S/c1-16(24(31)28-19-8-2-3-9-19)29(13-17-6-4-7-18(25)12-17)23(30)15-32-14-20-21(26)10-5-11-22(20)27/h4-7,10-12,16,19H,2-3,8-9,13-15H2,1H3,(H,28,31)/t16-/m0/s1. The third-order valence-corrected chi connectivity index (χ3v) is 7.53. The Bertz CT molecular complexity index is 930. The van der Waals surface area contributed by atoms with Gasteiger partial charge < -0.3 is 10.2 Å². The largest absolute Gasteiger partial charge is 0.352 e. The van der Waals surface area contributed by atoms with Crippen molar-refractivity contribution in [3.05, 3.63) is 68.7 Å². The van der Waals surface area contributed by atoms with Crippen LogP contribution in [0.15, 0.2) is 42.5 Å². The number of carbonyl (C=O) groups excluding carboxylic acids is 2. The molecule has 1 N–H and O–H groups in total. The summed E-state index contributed by atoms with van der Waals surface area (Å²) in [4.78, 5) is 27.7. The second-order valence-electron chi connectivity index (χ2n) is 8.01. The molecule has 0 spiro atoms. The van der Waals surface area contributed by atoms with Crippen molar-refractivity contribution in [2.24, 2.45) is 0 Å². The van der Waals surface area contributed by atoms with Crippen molar-refractivity contribution in [1.29, 1.82) is 0 Å². The van der Waals surface area contributed by atoms with Crippen molar-refractivity contribution >= 4 is 58.4 Å². The molecule has 2 aromatic rings. The number of hydrogen-bond donors (Lipinski definition) is 1. The number of benzene rings is 2. The van der Waals surface area contributed by atoms with E-state index in [0.717, 1.165) is 36.8 Å². The molecule has 0 aliphatic heterocycles. The van der Waals surface area contributed by atoms with Crippen molar-refractivity contribution in [3.63, 3.8) is 0 Å². The molecule has 0 saturated heterocycles. The molecule has 0 radical (unpaired) electrons. The molecular formula is C24H27Cl3N2O2S. The zero-order valence-corrected chi connectivity index (χ0v) is 21.0. The molecule has 0 unspecified atom stereocenters. The highest BCUT2D eigenvalue weighted by atomic mass is 35.5.